The predicted molar refractivity (Wildman–Crippen MR) is 106 cm³/mol. The van der Waals surface area contributed by atoms with E-state index in [9.17, 15) is 5.11 Å². The zero-order chi connectivity index (χ0) is 16.8. The average molecular weight is 350 g/mol. The summed E-state index contributed by atoms with van der Waals surface area (Å²) in [5.41, 5.74) is 5.95. The minimum atomic E-state index is -0.326. The van der Waals surface area contributed by atoms with E-state index in [1.807, 2.05) is 0 Å². The van der Waals surface area contributed by atoms with E-state index < -0.39 is 0 Å². The summed E-state index contributed by atoms with van der Waals surface area (Å²) in [5, 5.41) is 11.7. The highest BCUT2D eigenvalue weighted by atomic mass is 16.3. The van der Waals surface area contributed by atoms with E-state index in [0.717, 1.165) is 37.1 Å². The van der Waals surface area contributed by atoms with Gasteiger partial charge in [-0.15, -0.1) is 0 Å². The Bertz CT molecular complexity index is 451. The summed E-state index contributed by atoms with van der Waals surface area (Å²) >= 11 is 0. The molecule has 0 aromatic carbocycles. The van der Waals surface area contributed by atoms with E-state index >= 15 is 0 Å². The van der Waals surface area contributed by atoms with Crippen molar-refractivity contribution in [1.29, 1.82) is 0 Å². The molecule has 0 aromatic heterocycles. The molecule has 4 fully saturated rings. The van der Waals surface area contributed by atoms with Gasteiger partial charge in [0.15, 0.2) is 0 Å². The molecule has 0 bridgehead atoms. The number of aliphatic hydroxyl groups is 1. The summed E-state index contributed by atoms with van der Waals surface area (Å²) in [5.74, 6) is 3.89. The van der Waals surface area contributed by atoms with Crippen LogP contribution in [-0.2, 0) is 0 Å². The second-order valence-electron chi connectivity index (χ2n) is 9.99. The third-order valence-corrected chi connectivity index (χ3v) is 9.22. The molecule has 0 saturated heterocycles. The minimum Gasteiger partial charge on any atom is -0.389 e. The standard InChI is InChI=1S/C22H39NO.CH4/c1-21-13-4-2-6-16(21)8-10-18-19(21)12-14-22(24)17(7-3-5-15-23)9-11-20(18)22;/h16-20,24H,2-15,23H2,1H3;1H4. The van der Waals surface area contributed by atoms with Gasteiger partial charge in [0.05, 0.1) is 5.60 Å². The van der Waals surface area contributed by atoms with Gasteiger partial charge in [-0.25, -0.2) is 0 Å². The Morgan fingerprint density at radius 1 is 0.920 bits per heavy atom. The molecule has 0 aromatic rings. The molecule has 0 heterocycles. The first-order valence-corrected chi connectivity index (χ1v) is 11.0. The zero-order valence-corrected chi connectivity index (χ0v) is 15.8. The molecule has 3 N–H and O–H groups in total. The second kappa shape index (κ2) is 7.50. The Morgan fingerprint density at radius 2 is 1.76 bits per heavy atom. The maximum absolute atomic E-state index is 11.7. The van der Waals surface area contributed by atoms with Crippen LogP contribution in [-0.4, -0.2) is 17.3 Å². The largest absolute Gasteiger partial charge is 0.389 e. The molecule has 0 spiro atoms. The van der Waals surface area contributed by atoms with Gasteiger partial charge >= 0.3 is 0 Å². The summed E-state index contributed by atoms with van der Waals surface area (Å²) in [6, 6.07) is 0. The Morgan fingerprint density at radius 3 is 2.56 bits per heavy atom. The van der Waals surface area contributed by atoms with Crippen LogP contribution in [0, 0.1) is 35.0 Å². The van der Waals surface area contributed by atoms with E-state index in [0.29, 0.717) is 17.3 Å². The maximum Gasteiger partial charge on any atom is 0.0706 e. The summed E-state index contributed by atoms with van der Waals surface area (Å²) in [6.45, 7) is 3.44. The van der Waals surface area contributed by atoms with Crippen LogP contribution in [0.5, 0.6) is 0 Å². The van der Waals surface area contributed by atoms with Gasteiger partial charge in [0.2, 0.25) is 0 Å². The van der Waals surface area contributed by atoms with E-state index in [1.54, 1.807) is 0 Å². The molecule has 2 nitrogen and oxygen atoms in total. The molecule has 0 amide bonds. The summed E-state index contributed by atoms with van der Waals surface area (Å²) in [4.78, 5) is 0. The predicted octanol–water partition coefficient (Wildman–Crippen LogP) is 5.53. The Hall–Kier alpha value is -0.0800. The van der Waals surface area contributed by atoms with Crippen molar-refractivity contribution in [2.75, 3.05) is 6.54 Å². The lowest BCUT2D eigenvalue weighted by molar-refractivity contribution is -0.155. The molecular weight excluding hydrogens is 306 g/mol. The highest BCUT2D eigenvalue weighted by Gasteiger charge is 2.60. The lowest BCUT2D eigenvalue weighted by atomic mass is 9.46. The number of fused-ring (bicyclic) bond motifs is 5. The molecule has 0 radical (unpaired) electrons. The first-order chi connectivity index (χ1) is 11.6. The minimum absolute atomic E-state index is 0. The molecule has 4 rings (SSSR count). The van der Waals surface area contributed by atoms with Crippen LogP contribution in [0.25, 0.3) is 0 Å². The summed E-state index contributed by atoms with van der Waals surface area (Å²) in [7, 11) is 0. The van der Waals surface area contributed by atoms with Crippen LogP contribution in [0.3, 0.4) is 0 Å². The van der Waals surface area contributed by atoms with Gasteiger partial charge < -0.3 is 10.8 Å². The van der Waals surface area contributed by atoms with Crippen LogP contribution >= 0.6 is 0 Å². The molecule has 4 aliphatic carbocycles. The van der Waals surface area contributed by atoms with Crippen LogP contribution in [0.1, 0.15) is 97.8 Å². The van der Waals surface area contributed by atoms with Crippen molar-refractivity contribution in [3.8, 4) is 0 Å². The van der Waals surface area contributed by atoms with Crippen molar-refractivity contribution in [1.82, 2.24) is 0 Å². The van der Waals surface area contributed by atoms with Crippen molar-refractivity contribution in [2.24, 2.45) is 40.7 Å². The molecule has 25 heavy (non-hydrogen) atoms. The first-order valence-electron chi connectivity index (χ1n) is 11.0. The van der Waals surface area contributed by atoms with E-state index in [2.05, 4.69) is 6.92 Å². The van der Waals surface area contributed by atoms with Gasteiger partial charge in [-0.1, -0.05) is 33.6 Å². The molecule has 4 aliphatic rings. The fourth-order valence-electron chi connectivity index (χ4n) is 7.98. The zero-order valence-electron chi connectivity index (χ0n) is 15.8. The normalized spacial score (nSPS) is 48.8. The van der Waals surface area contributed by atoms with Gasteiger partial charge in [-0.3, -0.25) is 0 Å². The number of rotatable bonds is 4. The molecule has 146 valence electrons. The SMILES string of the molecule is C.CC12CCCCC1CCC1C2CCC2(O)C(CCCCN)CCC12. The van der Waals surface area contributed by atoms with Crippen LogP contribution in [0.4, 0.5) is 0 Å². The van der Waals surface area contributed by atoms with Crippen molar-refractivity contribution in [3.05, 3.63) is 0 Å². The third kappa shape index (κ3) is 3.10. The maximum atomic E-state index is 11.7. The first kappa shape index (κ1) is 19.7. The van der Waals surface area contributed by atoms with Gasteiger partial charge in [0, 0.05) is 0 Å². The van der Waals surface area contributed by atoms with Crippen LogP contribution < -0.4 is 5.73 Å². The smallest absolute Gasteiger partial charge is 0.0706 e. The van der Waals surface area contributed by atoms with E-state index in [1.165, 1.54) is 70.6 Å². The monoisotopic (exact) mass is 349 g/mol. The Kier molecular flexibility index (Phi) is 5.91. The van der Waals surface area contributed by atoms with E-state index in [-0.39, 0.29) is 13.0 Å². The van der Waals surface area contributed by atoms with Crippen LogP contribution in [0.2, 0.25) is 0 Å². The highest BCUT2D eigenvalue weighted by molar-refractivity contribution is 5.10. The Balaban J connectivity index is 0.00000182. The van der Waals surface area contributed by atoms with Crippen molar-refractivity contribution < 1.29 is 5.11 Å². The number of hydrogen-bond donors (Lipinski definition) is 2. The molecule has 0 aliphatic heterocycles. The number of unbranched alkanes of at least 4 members (excludes halogenated alkanes) is 1. The Labute approximate surface area is 156 Å². The fraction of sp³-hybridized carbons (Fsp3) is 1.00. The molecule has 7 unspecified atom stereocenters. The second-order valence-corrected chi connectivity index (χ2v) is 9.99. The summed E-state index contributed by atoms with van der Waals surface area (Å²) in [6.07, 6.45) is 17.2. The van der Waals surface area contributed by atoms with Crippen molar-refractivity contribution >= 4 is 0 Å². The quantitative estimate of drug-likeness (QED) is 0.656. The highest BCUT2D eigenvalue weighted by Crippen LogP contribution is 2.65. The lowest BCUT2D eigenvalue weighted by Crippen LogP contribution is -2.56. The van der Waals surface area contributed by atoms with Gasteiger partial charge in [-0.05, 0) is 106 Å². The summed E-state index contributed by atoms with van der Waals surface area (Å²) < 4.78 is 0. The topological polar surface area (TPSA) is 46.2 Å². The van der Waals surface area contributed by atoms with E-state index in [4.69, 9.17) is 5.73 Å². The molecule has 7 atom stereocenters. The number of hydrogen-bond acceptors (Lipinski definition) is 2. The van der Waals surface area contributed by atoms with Crippen molar-refractivity contribution in [2.45, 2.75) is 103 Å². The lowest BCUT2D eigenvalue weighted by Gasteiger charge is -2.60. The molecule has 4 saturated carbocycles. The number of nitrogens with two attached hydrogens (primary N) is 1. The van der Waals surface area contributed by atoms with Gasteiger partial charge in [-0.2, -0.15) is 0 Å². The molecular formula is C23H43NO. The third-order valence-electron chi connectivity index (χ3n) is 9.22. The fourth-order valence-corrected chi connectivity index (χ4v) is 7.98. The van der Waals surface area contributed by atoms with Crippen molar-refractivity contribution in [3.63, 3.8) is 0 Å². The molecule has 2 heteroatoms. The van der Waals surface area contributed by atoms with Gasteiger partial charge in [0.25, 0.3) is 0 Å². The van der Waals surface area contributed by atoms with Crippen LogP contribution in [0.15, 0.2) is 0 Å². The average Bonchev–Trinajstić information content (AvgIpc) is 2.91. The van der Waals surface area contributed by atoms with Gasteiger partial charge in [0.1, 0.15) is 0 Å².